The second-order valence-electron chi connectivity index (χ2n) is 5.52. The Kier molecular flexibility index (Phi) is 4.40. The number of hydrogen-bond donors (Lipinski definition) is 1. The average Bonchev–Trinajstić information content (AvgIpc) is 2.41. The third-order valence-corrected chi connectivity index (χ3v) is 4.31. The van der Waals surface area contributed by atoms with Crippen LogP contribution in [0.3, 0.4) is 0 Å². The quantitative estimate of drug-likeness (QED) is 0.910. The maximum absolute atomic E-state index is 14.1. The van der Waals surface area contributed by atoms with Crippen molar-refractivity contribution in [2.75, 3.05) is 11.9 Å². The minimum atomic E-state index is -0.810. The molecule has 0 heterocycles. The zero-order valence-electron chi connectivity index (χ0n) is 11.6. The van der Waals surface area contributed by atoms with E-state index in [0.717, 1.165) is 19.3 Å². The lowest BCUT2D eigenvalue weighted by atomic mass is 9.85. The molecule has 1 fully saturated rings. The van der Waals surface area contributed by atoms with Crippen LogP contribution in [0.15, 0.2) is 12.1 Å². The van der Waals surface area contributed by atoms with Crippen LogP contribution in [0, 0.1) is 17.6 Å². The molecule has 0 spiro atoms. The van der Waals surface area contributed by atoms with Gasteiger partial charge in [-0.1, -0.05) is 25.8 Å². The van der Waals surface area contributed by atoms with Crippen LogP contribution in [-0.4, -0.2) is 13.1 Å². The van der Waals surface area contributed by atoms with Gasteiger partial charge in [0.15, 0.2) is 11.6 Å². The molecule has 1 aromatic rings. The Hall–Kier alpha value is -1.16. The molecule has 0 saturated heterocycles. The van der Waals surface area contributed by atoms with Crippen molar-refractivity contribution in [1.82, 2.24) is 0 Å². The lowest BCUT2D eigenvalue weighted by Crippen LogP contribution is -2.39. The Labute approximate surface area is 113 Å². The molecule has 0 aromatic heterocycles. The predicted octanol–water partition coefficient (Wildman–Crippen LogP) is 3.44. The fraction of sp³-hybridized carbons (Fsp3) is 0.600. The maximum Gasteiger partial charge on any atom is 0.182 e. The van der Waals surface area contributed by atoms with Gasteiger partial charge in [0.1, 0.15) is 0 Å². The summed E-state index contributed by atoms with van der Waals surface area (Å²) in [5.74, 6) is -1.08. The van der Waals surface area contributed by atoms with Crippen molar-refractivity contribution in [3.05, 3.63) is 29.3 Å². The molecule has 0 aliphatic heterocycles. The topological polar surface area (TPSA) is 29.3 Å². The fourth-order valence-electron chi connectivity index (χ4n) is 3.06. The van der Waals surface area contributed by atoms with Crippen LogP contribution >= 0.6 is 0 Å². The van der Waals surface area contributed by atoms with Gasteiger partial charge < -0.3 is 10.6 Å². The van der Waals surface area contributed by atoms with Gasteiger partial charge in [0.25, 0.3) is 0 Å². The molecule has 2 N–H and O–H groups in total. The van der Waals surface area contributed by atoms with Crippen molar-refractivity contribution in [3.8, 4) is 0 Å². The Morgan fingerprint density at radius 1 is 1.21 bits per heavy atom. The molecule has 2 rings (SSSR count). The summed E-state index contributed by atoms with van der Waals surface area (Å²) < 4.78 is 27.9. The monoisotopic (exact) mass is 268 g/mol. The lowest BCUT2D eigenvalue weighted by molar-refractivity contribution is 0.319. The second-order valence-corrected chi connectivity index (χ2v) is 5.52. The second kappa shape index (κ2) is 5.87. The van der Waals surface area contributed by atoms with Crippen molar-refractivity contribution in [2.45, 2.75) is 45.2 Å². The van der Waals surface area contributed by atoms with Gasteiger partial charge in [0.2, 0.25) is 0 Å². The van der Waals surface area contributed by atoms with Crippen LogP contribution in [0.2, 0.25) is 0 Å². The van der Waals surface area contributed by atoms with Crippen LogP contribution in [-0.2, 0) is 6.54 Å². The summed E-state index contributed by atoms with van der Waals surface area (Å²) in [6, 6.07) is 3.51. The molecule has 2 atom stereocenters. The third-order valence-electron chi connectivity index (χ3n) is 4.31. The van der Waals surface area contributed by atoms with E-state index in [1.54, 1.807) is 12.1 Å². The summed E-state index contributed by atoms with van der Waals surface area (Å²) >= 11 is 0. The minimum absolute atomic E-state index is 0.0204. The normalized spacial score (nSPS) is 23.4. The molecule has 106 valence electrons. The molecule has 19 heavy (non-hydrogen) atoms. The van der Waals surface area contributed by atoms with E-state index in [1.807, 2.05) is 11.9 Å². The van der Waals surface area contributed by atoms with Gasteiger partial charge in [-0.05, 0) is 24.8 Å². The molecule has 2 nitrogen and oxygen atoms in total. The summed E-state index contributed by atoms with van der Waals surface area (Å²) in [6.45, 7) is 2.20. The Morgan fingerprint density at radius 3 is 2.53 bits per heavy atom. The number of hydrogen-bond acceptors (Lipinski definition) is 2. The first-order valence-electron chi connectivity index (χ1n) is 6.96. The van der Waals surface area contributed by atoms with E-state index in [4.69, 9.17) is 5.73 Å². The number of benzene rings is 1. The van der Waals surface area contributed by atoms with Crippen molar-refractivity contribution < 1.29 is 8.78 Å². The van der Waals surface area contributed by atoms with E-state index in [2.05, 4.69) is 6.92 Å². The lowest BCUT2D eigenvalue weighted by Gasteiger charge is -2.37. The summed E-state index contributed by atoms with van der Waals surface area (Å²) in [5.41, 5.74) is 5.96. The SMILES string of the molecule is CC1CCCCC1N(C)c1ccc(CN)c(F)c1F. The Morgan fingerprint density at radius 2 is 1.89 bits per heavy atom. The highest BCUT2D eigenvalue weighted by Crippen LogP contribution is 2.32. The number of rotatable bonds is 3. The van der Waals surface area contributed by atoms with Crippen molar-refractivity contribution in [2.24, 2.45) is 11.7 Å². The highest BCUT2D eigenvalue weighted by Gasteiger charge is 2.27. The summed E-state index contributed by atoms with van der Waals surface area (Å²) in [5, 5.41) is 0. The van der Waals surface area contributed by atoms with Crippen molar-refractivity contribution in [1.29, 1.82) is 0 Å². The average molecular weight is 268 g/mol. The molecular formula is C15H22F2N2. The number of nitrogens with two attached hydrogens (primary N) is 1. The molecule has 1 saturated carbocycles. The zero-order valence-corrected chi connectivity index (χ0v) is 11.6. The van der Waals surface area contributed by atoms with Crippen LogP contribution < -0.4 is 10.6 Å². The number of anilines is 1. The van der Waals surface area contributed by atoms with Crippen molar-refractivity contribution in [3.63, 3.8) is 0 Å². The van der Waals surface area contributed by atoms with E-state index in [9.17, 15) is 8.78 Å². The van der Waals surface area contributed by atoms with Crippen LogP contribution in [0.1, 0.15) is 38.2 Å². The van der Waals surface area contributed by atoms with Gasteiger partial charge >= 0.3 is 0 Å². The largest absolute Gasteiger partial charge is 0.369 e. The minimum Gasteiger partial charge on any atom is -0.369 e. The number of nitrogens with zero attached hydrogens (tertiary/aromatic N) is 1. The van der Waals surface area contributed by atoms with E-state index < -0.39 is 11.6 Å². The van der Waals surface area contributed by atoms with Crippen molar-refractivity contribution >= 4 is 5.69 Å². The molecule has 0 radical (unpaired) electrons. The highest BCUT2D eigenvalue weighted by molar-refractivity contribution is 5.50. The molecular weight excluding hydrogens is 246 g/mol. The van der Waals surface area contributed by atoms with E-state index in [0.29, 0.717) is 11.6 Å². The number of halogens is 2. The molecule has 4 heteroatoms. The maximum atomic E-state index is 14.1. The van der Waals surface area contributed by atoms with Gasteiger partial charge in [0, 0.05) is 25.2 Å². The first kappa shape index (κ1) is 14.3. The highest BCUT2D eigenvalue weighted by atomic mass is 19.2. The smallest absolute Gasteiger partial charge is 0.182 e. The summed E-state index contributed by atoms with van der Waals surface area (Å²) in [4.78, 5) is 1.89. The Balaban J connectivity index is 2.28. The van der Waals surface area contributed by atoms with Gasteiger partial charge in [-0.3, -0.25) is 0 Å². The third kappa shape index (κ3) is 2.73. The molecule has 0 bridgehead atoms. The Bertz CT molecular complexity index is 448. The molecule has 1 aliphatic rings. The van der Waals surface area contributed by atoms with Gasteiger partial charge in [0.05, 0.1) is 5.69 Å². The molecule has 2 unspecified atom stereocenters. The van der Waals surface area contributed by atoms with Gasteiger partial charge in [-0.2, -0.15) is 0 Å². The summed E-state index contributed by atoms with van der Waals surface area (Å²) in [7, 11) is 1.85. The first-order chi connectivity index (χ1) is 9.06. The molecule has 1 aromatic carbocycles. The van der Waals surface area contributed by atoms with Gasteiger partial charge in [-0.15, -0.1) is 0 Å². The molecule has 1 aliphatic carbocycles. The predicted molar refractivity (Wildman–Crippen MR) is 74.1 cm³/mol. The summed E-state index contributed by atoms with van der Waals surface area (Å²) in [6.07, 6.45) is 4.58. The van der Waals surface area contributed by atoms with E-state index in [-0.39, 0.29) is 18.2 Å². The van der Waals surface area contributed by atoms with E-state index in [1.165, 1.54) is 6.42 Å². The first-order valence-corrected chi connectivity index (χ1v) is 6.96. The van der Waals surface area contributed by atoms with Gasteiger partial charge in [-0.25, -0.2) is 8.78 Å². The van der Waals surface area contributed by atoms with E-state index >= 15 is 0 Å². The van der Waals surface area contributed by atoms with Crippen LogP contribution in [0.25, 0.3) is 0 Å². The zero-order chi connectivity index (χ0) is 14.0. The fourth-order valence-corrected chi connectivity index (χ4v) is 3.06. The standard InChI is InChI=1S/C15H22F2N2/c1-10-5-3-4-6-12(10)19(2)13-8-7-11(9-18)14(16)15(13)17/h7-8,10,12H,3-6,9,18H2,1-2H3. The molecule has 0 amide bonds. The van der Waals surface area contributed by atoms with Crippen LogP contribution in [0.4, 0.5) is 14.5 Å². The van der Waals surface area contributed by atoms with Crippen LogP contribution in [0.5, 0.6) is 0 Å².